The third-order valence-electron chi connectivity index (χ3n) is 2.88. The zero-order valence-electron chi connectivity index (χ0n) is 10.9. The van der Waals surface area contributed by atoms with Gasteiger partial charge in [-0.3, -0.25) is 0 Å². The number of benzene rings is 1. The molecular formula is C14H23NO2. The number of ether oxygens (including phenoxy) is 1. The molecule has 0 spiro atoms. The molecule has 0 radical (unpaired) electrons. The van der Waals surface area contributed by atoms with E-state index in [-0.39, 0.29) is 18.7 Å². The number of hydrogen-bond donors (Lipinski definition) is 2. The van der Waals surface area contributed by atoms with Crippen molar-refractivity contribution >= 4 is 0 Å². The van der Waals surface area contributed by atoms with E-state index in [1.54, 1.807) is 0 Å². The van der Waals surface area contributed by atoms with Crippen LogP contribution in [0.15, 0.2) is 24.3 Å². The van der Waals surface area contributed by atoms with Gasteiger partial charge in [0.2, 0.25) is 0 Å². The number of rotatable bonds is 7. The van der Waals surface area contributed by atoms with Crippen LogP contribution in [0.2, 0.25) is 0 Å². The second kappa shape index (κ2) is 7.30. The Morgan fingerprint density at radius 3 is 2.59 bits per heavy atom. The summed E-state index contributed by atoms with van der Waals surface area (Å²) in [5.74, 6) is 0.919. The molecule has 0 aliphatic carbocycles. The molecule has 3 nitrogen and oxygen atoms in total. The molecule has 0 heterocycles. The van der Waals surface area contributed by atoms with Gasteiger partial charge in [-0.25, -0.2) is 0 Å². The number of aliphatic hydroxyl groups excluding tert-OH is 1. The molecule has 2 atom stereocenters. The Labute approximate surface area is 104 Å². The predicted octanol–water partition coefficient (Wildman–Crippen LogP) is 2.51. The number of aliphatic hydroxyl groups is 1. The molecule has 0 saturated heterocycles. The Morgan fingerprint density at radius 1 is 1.29 bits per heavy atom. The molecular weight excluding hydrogens is 214 g/mol. The van der Waals surface area contributed by atoms with Gasteiger partial charge in [-0.05, 0) is 26.3 Å². The highest BCUT2D eigenvalue weighted by Gasteiger charge is 2.14. The van der Waals surface area contributed by atoms with Gasteiger partial charge in [-0.1, -0.05) is 25.1 Å². The van der Waals surface area contributed by atoms with Crippen LogP contribution in [0, 0.1) is 0 Å². The van der Waals surface area contributed by atoms with E-state index in [4.69, 9.17) is 4.74 Å². The summed E-state index contributed by atoms with van der Waals surface area (Å²) in [6.07, 6.45) is 0.914. The minimum absolute atomic E-state index is 0.139. The SMILES string of the molecule is CCOc1ccccc1C(C)N[C@H](CC)CO. The lowest BCUT2D eigenvalue weighted by atomic mass is 10.1. The molecule has 0 aliphatic heterocycles. The molecule has 0 aromatic heterocycles. The highest BCUT2D eigenvalue weighted by Crippen LogP contribution is 2.25. The van der Waals surface area contributed by atoms with Gasteiger partial charge in [0.25, 0.3) is 0 Å². The standard InChI is InChI=1S/C14H23NO2/c1-4-12(10-16)15-11(3)13-8-6-7-9-14(13)17-5-2/h6-9,11-12,15-16H,4-5,10H2,1-3H3/t11?,12-/m1/s1. The summed E-state index contributed by atoms with van der Waals surface area (Å²) < 4.78 is 5.60. The fourth-order valence-corrected chi connectivity index (χ4v) is 1.87. The first-order valence-corrected chi connectivity index (χ1v) is 6.31. The van der Waals surface area contributed by atoms with Gasteiger partial charge in [-0.2, -0.15) is 0 Å². The van der Waals surface area contributed by atoms with Crippen LogP contribution in [-0.2, 0) is 0 Å². The van der Waals surface area contributed by atoms with E-state index in [0.29, 0.717) is 6.61 Å². The molecule has 1 unspecified atom stereocenters. The van der Waals surface area contributed by atoms with Gasteiger partial charge in [0.05, 0.1) is 13.2 Å². The van der Waals surface area contributed by atoms with E-state index in [1.807, 2.05) is 25.1 Å². The molecule has 0 aliphatic rings. The molecule has 0 bridgehead atoms. The lowest BCUT2D eigenvalue weighted by Crippen LogP contribution is -2.34. The van der Waals surface area contributed by atoms with Crippen LogP contribution >= 0.6 is 0 Å². The van der Waals surface area contributed by atoms with E-state index in [0.717, 1.165) is 17.7 Å². The third kappa shape index (κ3) is 4.02. The molecule has 17 heavy (non-hydrogen) atoms. The maximum absolute atomic E-state index is 9.20. The topological polar surface area (TPSA) is 41.5 Å². The van der Waals surface area contributed by atoms with Crippen molar-refractivity contribution in [2.75, 3.05) is 13.2 Å². The van der Waals surface area contributed by atoms with E-state index in [2.05, 4.69) is 25.2 Å². The van der Waals surface area contributed by atoms with Crippen molar-refractivity contribution in [3.63, 3.8) is 0 Å². The van der Waals surface area contributed by atoms with E-state index in [1.165, 1.54) is 0 Å². The molecule has 0 saturated carbocycles. The Bertz CT molecular complexity index is 324. The van der Waals surface area contributed by atoms with Gasteiger partial charge in [0, 0.05) is 17.6 Å². The average molecular weight is 237 g/mol. The van der Waals surface area contributed by atoms with Gasteiger partial charge in [0.1, 0.15) is 5.75 Å². The van der Waals surface area contributed by atoms with Crippen LogP contribution in [0.1, 0.15) is 38.8 Å². The lowest BCUT2D eigenvalue weighted by molar-refractivity contribution is 0.229. The highest BCUT2D eigenvalue weighted by atomic mass is 16.5. The van der Waals surface area contributed by atoms with Crippen molar-refractivity contribution in [3.8, 4) is 5.75 Å². The minimum atomic E-state index is 0.139. The van der Waals surface area contributed by atoms with Crippen LogP contribution in [0.4, 0.5) is 0 Å². The Morgan fingerprint density at radius 2 is 2.00 bits per heavy atom. The monoisotopic (exact) mass is 237 g/mol. The third-order valence-corrected chi connectivity index (χ3v) is 2.88. The Kier molecular flexibility index (Phi) is 6.01. The zero-order valence-corrected chi connectivity index (χ0v) is 10.9. The van der Waals surface area contributed by atoms with Crippen LogP contribution in [0.5, 0.6) is 5.75 Å². The first-order valence-electron chi connectivity index (χ1n) is 6.31. The van der Waals surface area contributed by atoms with Crippen LogP contribution < -0.4 is 10.1 Å². The first-order chi connectivity index (χ1) is 8.22. The summed E-state index contributed by atoms with van der Waals surface area (Å²) in [5, 5.41) is 12.6. The number of para-hydroxylation sites is 1. The molecule has 1 aromatic carbocycles. The highest BCUT2D eigenvalue weighted by molar-refractivity contribution is 5.35. The van der Waals surface area contributed by atoms with E-state index in [9.17, 15) is 5.11 Å². The van der Waals surface area contributed by atoms with Crippen molar-refractivity contribution < 1.29 is 9.84 Å². The molecule has 1 rings (SSSR count). The molecule has 3 heteroatoms. The predicted molar refractivity (Wildman–Crippen MR) is 70.3 cm³/mol. The number of hydrogen-bond acceptors (Lipinski definition) is 3. The minimum Gasteiger partial charge on any atom is -0.494 e. The number of nitrogens with one attached hydrogen (secondary N) is 1. The van der Waals surface area contributed by atoms with Crippen molar-refractivity contribution in [1.82, 2.24) is 5.32 Å². The summed E-state index contributed by atoms with van der Waals surface area (Å²) in [4.78, 5) is 0. The average Bonchev–Trinajstić information content (AvgIpc) is 2.36. The smallest absolute Gasteiger partial charge is 0.124 e. The van der Waals surface area contributed by atoms with Crippen LogP contribution in [0.25, 0.3) is 0 Å². The zero-order chi connectivity index (χ0) is 12.7. The first kappa shape index (κ1) is 14.0. The van der Waals surface area contributed by atoms with E-state index < -0.39 is 0 Å². The second-order valence-corrected chi connectivity index (χ2v) is 4.15. The largest absolute Gasteiger partial charge is 0.494 e. The van der Waals surface area contributed by atoms with Crippen molar-refractivity contribution in [2.24, 2.45) is 0 Å². The molecule has 1 aromatic rings. The second-order valence-electron chi connectivity index (χ2n) is 4.15. The summed E-state index contributed by atoms with van der Waals surface area (Å²) >= 11 is 0. The normalized spacial score (nSPS) is 14.4. The summed E-state index contributed by atoms with van der Waals surface area (Å²) in [5.41, 5.74) is 1.14. The Balaban J connectivity index is 2.76. The molecule has 2 N–H and O–H groups in total. The van der Waals surface area contributed by atoms with Gasteiger partial charge < -0.3 is 15.2 Å². The maximum atomic E-state index is 9.20. The molecule has 96 valence electrons. The quantitative estimate of drug-likeness (QED) is 0.765. The fraction of sp³-hybridized carbons (Fsp3) is 0.571. The molecule has 0 fully saturated rings. The van der Waals surface area contributed by atoms with Crippen molar-refractivity contribution in [2.45, 2.75) is 39.3 Å². The van der Waals surface area contributed by atoms with Crippen LogP contribution in [0.3, 0.4) is 0 Å². The summed E-state index contributed by atoms with van der Waals surface area (Å²) in [7, 11) is 0. The van der Waals surface area contributed by atoms with Gasteiger partial charge in [-0.15, -0.1) is 0 Å². The summed E-state index contributed by atoms with van der Waals surface area (Å²) in [6, 6.07) is 8.35. The Hall–Kier alpha value is -1.06. The van der Waals surface area contributed by atoms with Crippen LogP contribution in [-0.4, -0.2) is 24.4 Å². The lowest BCUT2D eigenvalue weighted by Gasteiger charge is -2.22. The van der Waals surface area contributed by atoms with Gasteiger partial charge in [0.15, 0.2) is 0 Å². The van der Waals surface area contributed by atoms with Crippen molar-refractivity contribution in [3.05, 3.63) is 29.8 Å². The van der Waals surface area contributed by atoms with Crippen molar-refractivity contribution in [1.29, 1.82) is 0 Å². The summed E-state index contributed by atoms with van der Waals surface area (Å²) in [6.45, 7) is 6.97. The maximum Gasteiger partial charge on any atom is 0.124 e. The molecule has 0 amide bonds. The fourth-order valence-electron chi connectivity index (χ4n) is 1.87. The van der Waals surface area contributed by atoms with Gasteiger partial charge >= 0.3 is 0 Å². The van der Waals surface area contributed by atoms with E-state index >= 15 is 0 Å².